The van der Waals surface area contributed by atoms with Crippen LogP contribution in [0.25, 0.3) is 0 Å². The third kappa shape index (κ3) is 5.48. The van der Waals surface area contributed by atoms with Crippen molar-refractivity contribution in [3.8, 4) is 0 Å². The Hall–Kier alpha value is -1.00. The van der Waals surface area contributed by atoms with Crippen LogP contribution in [0.4, 0.5) is 4.39 Å². The Bertz CT molecular complexity index is 735. The molecule has 33 heavy (non-hydrogen) atoms. The van der Waals surface area contributed by atoms with Gasteiger partial charge in [0, 0.05) is 30.6 Å². The molecule has 0 aromatic carbocycles. The first-order valence-electron chi connectivity index (χ1n) is 12.3. The van der Waals surface area contributed by atoms with Gasteiger partial charge in [0.25, 0.3) is 0 Å². The summed E-state index contributed by atoms with van der Waals surface area (Å²) in [5.74, 6) is -0.338. The van der Waals surface area contributed by atoms with Crippen LogP contribution in [0.3, 0.4) is 0 Å². The SMILES string of the molecule is CC1NCC(C(=O)NC23CCC(NC(=O)COC4CCC(Cl)C(F)C4)(CC2)[C@@H](O)C3)NC1C. The molecular formula is C23H38ClFN4O4. The number of carbonyl (C=O) groups is 2. The fourth-order valence-corrected chi connectivity index (χ4v) is 6.11. The zero-order chi connectivity index (χ0) is 23.8. The number of nitrogens with one attached hydrogen (secondary N) is 4. The van der Waals surface area contributed by atoms with Gasteiger partial charge < -0.3 is 31.1 Å². The predicted molar refractivity (Wildman–Crippen MR) is 123 cm³/mol. The Morgan fingerprint density at radius 1 is 1.15 bits per heavy atom. The van der Waals surface area contributed by atoms with E-state index in [0.29, 0.717) is 57.5 Å². The summed E-state index contributed by atoms with van der Waals surface area (Å²) < 4.78 is 19.4. The van der Waals surface area contributed by atoms with Crippen molar-refractivity contribution >= 4 is 23.4 Å². The lowest BCUT2D eigenvalue weighted by atomic mass is 9.59. The van der Waals surface area contributed by atoms with Gasteiger partial charge in [-0.05, 0) is 58.8 Å². The number of halogens is 2. The van der Waals surface area contributed by atoms with Crippen LogP contribution in [0, 0.1) is 0 Å². The molecule has 5 aliphatic rings. The van der Waals surface area contributed by atoms with Crippen molar-refractivity contribution in [1.82, 2.24) is 21.3 Å². The van der Waals surface area contributed by atoms with Crippen LogP contribution >= 0.6 is 11.6 Å². The van der Waals surface area contributed by atoms with Crippen LogP contribution in [0.1, 0.15) is 65.2 Å². The first-order chi connectivity index (χ1) is 15.6. The fraction of sp³-hybridized carbons (Fsp3) is 0.913. The van der Waals surface area contributed by atoms with Crippen LogP contribution in [0.15, 0.2) is 0 Å². The molecule has 4 saturated carbocycles. The standard InChI is InChI=1S/C23H38ClFN4O4/c1-13-14(2)27-18(11-26-13)21(32)29-22-5-7-23(8-6-22,19(30)10-22)28-20(31)12-33-15-3-4-16(24)17(25)9-15/h13-19,26-27,30H,3-12H2,1-2H3,(H,28,31)(H,29,32)/t13?,14?,15?,16?,17?,18?,19-,22?,23?/m0/s1. The largest absolute Gasteiger partial charge is 0.391 e. The summed E-state index contributed by atoms with van der Waals surface area (Å²) in [5.41, 5.74) is -1.14. The Labute approximate surface area is 200 Å². The summed E-state index contributed by atoms with van der Waals surface area (Å²) >= 11 is 5.91. The third-order valence-electron chi connectivity index (χ3n) is 8.37. The zero-order valence-electron chi connectivity index (χ0n) is 19.5. The molecule has 10 heteroatoms. The van der Waals surface area contributed by atoms with Crippen molar-refractivity contribution in [3.05, 3.63) is 0 Å². The van der Waals surface area contributed by atoms with E-state index in [2.05, 4.69) is 35.1 Å². The molecule has 5 rings (SSSR count). The van der Waals surface area contributed by atoms with Gasteiger partial charge in [-0.25, -0.2) is 4.39 Å². The molecule has 4 aliphatic carbocycles. The average Bonchev–Trinajstić information content (AvgIpc) is 2.77. The zero-order valence-corrected chi connectivity index (χ0v) is 20.3. The van der Waals surface area contributed by atoms with Crippen molar-refractivity contribution in [2.75, 3.05) is 13.2 Å². The first-order valence-corrected chi connectivity index (χ1v) is 12.8. The van der Waals surface area contributed by atoms with Gasteiger partial charge in [-0.15, -0.1) is 11.6 Å². The van der Waals surface area contributed by atoms with Crippen molar-refractivity contribution in [2.24, 2.45) is 0 Å². The number of rotatable bonds is 6. The van der Waals surface area contributed by atoms with E-state index in [9.17, 15) is 19.1 Å². The number of fused-ring (bicyclic) bond motifs is 3. The van der Waals surface area contributed by atoms with Crippen LogP contribution in [-0.2, 0) is 14.3 Å². The molecule has 7 atom stereocenters. The number of piperazine rings is 1. The minimum absolute atomic E-state index is 0.0434. The smallest absolute Gasteiger partial charge is 0.246 e. The van der Waals surface area contributed by atoms with Gasteiger partial charge in [0.1, 0.15) is 12.8 Å². The molecule has 8 nitrogen and oxygen atoms in total. The molecule has 2 amide bonds. The van der Waals surface area contributed by atoms with Gasteiger partial charge in [-0.2, -0.15) is 0 Å². The van der Waals surface area contributed by atoms with Crippen LogP contribution < -0.4 is 21.3 Å². The number of carbonyl (C=O) groups excluding carboxylic acids is 2. The molecular weight excluding hydrogens is 451 g/mol. The Morgan fingerprint density at radius 2 is 1.88 bits per heavy atom. The van der Waals surface area contributed by atoms with E-state index in [0.717, 1.165) is 0 Å². The minimum Gasteiger partial charge on any atom is -0.391 e. The van der Waals surface area contributed by atoms with Crippen molar-refractivity contribution < 1.29 is 23.8 Å². The lowest BCUT2D eigenvalue weighted by Crippen LogP contribution is -2.72. The van der Waals surface area contributed by atoms with Crippen LogP contribution in [-0.4, -0.2) is 83.0 Å². The molecule has 0 radical (unpaired) electrons. The normalized spacial score (nSPS) is 45.4. The molecule has 0 aromatic rings. The topological polar surface area (TPSA) is 112 Å². The van der Waals surface area contributed by atoms with E-state index in [-0.39, 0.29) is 43.0 Å². The number of hydrogen-bond donors (Lipinski definition) is 5. The number of aliphatic hydroxyl groups excluding tert-OH is 1. The molecule has 5 fully saturated rings. The van der Waals surface area contributed by atoms with Gasteiger partial charge in [0.15, 0.2) is 0 Å². The second kappa shape index (κ2) is 9.93. The Morgan fingerprint density at radius 3 is 2.52 bits per heavy atom. The number of amides is 2. The summed E-state index contributed by atoms with van der Waals surface area (Å²) in [6, 6.07) is 0.201. The van der Waals surface area contributed by atoms with Crippen LogP contribution in [0.2, 0.25) is 0 Å². The number of alkyl halides is 2. The van der Waals surface area contributed by atoms with E-state index in [1.165, 1.54) is 0 Å². The highest BCUT2D eigenvalue weighted by Crippen LogP contribution is 2.47. The second-order valence-corrected chi connectivity index (χ2v) is 11.2. The monoisotopic (exact) mass is 488 g/mol. The summed E-state index contributed by atoms with van der Waals surface area (Å²) in [6.07, 6.45) is 2.22. The van der Waals surface area contributed by atoms with Gasteiger partial charge in [0.2, 0.25) is 11.8 Å². The lowest BCUT2D eigenvalue weighted by molar-refractivity contribution is -0.140. The molecule has 5 N–H and O–H groups in total. The van der Waals surface area contributed by atoms with E-state index in [1.807, 2.05) is 0 Å². The Kier molecular flexibility index (Phi) is 7.56. The number of hydrogen-bond acceptors (Lipinski definition) is 6. The van der Waals surface area contributed by atoms with E-state index < -0.39 is 28.7 Å². The molecule has 1 saturated heterocycles. The van der Waals surface area contributed by atoms with Crippen LogP contribution in [0.5, 0.6) is 0 Å². The first kappa shape index (κ1) is 25.1. The molecule has 1 heterocycles. The number of aliphatic hydroxyl groups is 1. The lowest BCUT2D eigenvalue weighted by Gasteiger charge is -2.56. The maximum Gasteiger partial charge on any atom is 0.246 e. The molecule has 188 valence electrons. The fourth-order valence-electron chi connectivity index (χ4n) is 5.88. The number of ether oxygens (including phenoxy) is 1. The van der Waals surface area contributed by atoms with E-state index in [4.69, 9.17) is 16.3 Å². The second-order valence-electron chi connectivity index (χ2n) is 10.7. The van der Waals surface area contributed by atoms with Crippen molar-refractivity contribution in [2.45, 2.75) is 118 Å². The highest BCUT2D eigenvalue weighted by atomic mass is 35.5. The Balaban J connectivity index is 1.26. The summed E-state index contributed by atoms with van der Waals surface area (Å²) in [5, 5.41) is 23.4. The predicted octanol–water partition coefficient (Wildman–Crippen LogP) is 0.888. The summed E-state index contributed by atoms with van der Waals surface area (Å²) in [6.45, 7) is 4.56. The summed E-state index contributed by atoms with van der Waals surface area (Å²) in [7, 11) is 0. The van der Waals surface area contributed by atoms with Gasteiger partial charge in [-0.3, -0.25) is 9.59 Å². The highest BCUT2D eigenvalue weighted by molar-refractivity contribution is 6.21. The van der Waals surface area contributed by atoms with E-state index in [1.54, 1.807) is 0 Å². The van der Waals surface area contributed by atoms with Crippen molar-refractivity contribution in [3.63, 3.8) is 0 Å². The quantitative estimate of drug-likeness (QED) is 0.355. The maximum atomic E-state index is 13.8. The molecule has 0 aromatic heterocycles. The van der Waals surface area contributed by atoms with Gasteiger partial charge in [0.05, 0.1) is 29.2 Å². The molecule has 6 unspecified atom stereocenters. The van der Waals surface area contributed by atoms with Gasteiger partial charge >= 0.3 is 0 Å². The molecule has 2 bridgehead atoms. The van der Waals surface area contributed by atoms with Gasteiger partial charge in [-0.1, -0.05) is 0 Å². The average molecular weight is 489 g/mol. The summed E-state index contributed by atoms with van der Waals surface area (Å²) in [4.78, 5) is 25.5. The third-order valence-corrected chi connectivity index (χ3v) is 8.86. The maximum absolute atomic E-state index is 13.8. The molecule has 1 aliphatic heterocycles. The van der Waals surface area contributed by atoms with E-state index >= 15 is 0 Å². The highest BCUT2D eigenvalue weighted by Gasteiger charge is 2.55. The van der Waals surface area contributed by atoms with Crippen molar-refractivity contribution in [1.29, 1.82) is 0 Å². The molecule has 0 spiro atoms. The minimum atomic E-state index is -1.11.